The minimum absolute atomic E-state index is 0.143. The van der Waals surface area contributed by atoms with Gasteiger partial charge in [-0.15, -0.1) is 0 Å². The van der Waals surface area contributed by atoms with Gasteiger partial charge in [0.1, 0.15) is 23.9 Å². The molecule has 0 amide bonds. The maximum atomic E-state index is 12.8. The van der Waals surface area contributed by atoms with Crippen molar-refractivity contribution in [1.82, 2.24) is 9.13 Å². The number of aryl methyl sites for hydroxylation is 1. The van der Waals surface area contributed by atoms with Gasteiger partial charge in [-0.1, -0.05) is 114 Å². The monoisotopic (exact) mass is 806 g/mol. The lowest BCUT2D eigenvalue weighted by atomic mass is 9.82. The Balaban J connectivity index is 1.36. The third-order valence-electron chi connectivity index (χ3n) is 12.0. The summed E-state index contributed by atoms with van der Waals surface area (Å²) in [5, 5.41) is 30.1. The van der Waals surface area contributed by atoms with Crippen LogP contribution in [0.3, 0.4) is 0 Å². The van der Waals surface area contributed by atoms with E-state index in [4.69, 9.17) is 9.47 Å². The number of fused-ring (bicyclic) bond motifs is 6. The second kappa shape index (κ2) is 15.2. The molecule has 9 aromatic rings. The summed E-state index contributed by atoms with van der Waals surface area (Å²) in [5.74, 6) is 0.850. The number of para-hydroxylation sites is 4. The molecule has 0 bridgehead atoms. The summed E-state index contributed by atoms with van der Waals surface area (Å²) in [6.45, 7) is 18.5. The van der Waals surface area contributed by atoms with Crippen molar-refractivity contribution < 1.29 is 19.7 Å². The quantitative estimate of drug-likeness (QED) is 0.143. The summed E-state index contributed by atoms with van der Waals surface area (Å²) in [7, 11) is 0. The van der Waals surface area contributed by atoms with Crippen LogP contribution in [0.1, 0.15) is 65.2 Å². The molecule has 0 saturated carbocycles. The van der Waals surface area contributed by atoms with Gasteiger partial charge in [0.25, 0.3) is 0 Å². The van der Waals surface area contributed by atoms with E-state index in [0.29, 0.717) is 41.5 Å². The summed E-state index contributed by atoms with van der Waals surface area (Å²) in [4.78, 5) is 0. The van der Waals surface area contributed by atoms with Crippen LogP contribution in [0.25, 0.3) is 77.2 Å². The standard InChI is InChI=1S/C55H54N2O4/c1-9-60-26-27-61-53-43(41-30-35(54(3,4)5)32-49(51(41)58)56-45-22-14-10-18-37(45)38-19-11-15-23-46(38)56)28-34(2)29-44(53)42-31-36(55(6,7)8)33-50(52(42)59)57-47-24-16-12-20-39(47)40-21-13-17-25-48(40)57/h10-25,28-33,58-59H,9,26-27H2,1-8H3. The van der Waals surface area contributed by atoms with E-state index in [9.17, 15) is 10.2 Å². The van der Waals surface area contributed by atoms with Gasteiger partial charge in [-0.25, -0.2) is 0 Å². The summed E-state index contributed by atoms with van der Waals surface area (Å²) in [5.41, 5.74) is 10.7. The zero-order valence-corrected chi connectivity index (χ0v) is 36.4. The van der Waals surface area contributed by atoms with E-state index < -0.39 is 0 Å². The summed E-state index contributed by atoms with van der Waals surface area (Å²) >= 11 is 0. The second-order valence-corrected chi connectivity index (χ2v) is 18.3. The van der Waals surface area contributed by atoms with Crippen LogP contribution in [-0.2, 0) is 15.6 Å². The van der Waals surface area contributed by atoms with E-state index in [1.54, 1.807) is 0 Å². The second-order valence-electron chi connectivity index (χ2n) is 18.3. The first-order valence-corrected chi connectivity index (χ1v) is 21.3. The molecule has 0 saturated heterocycles. The predicted molar refractivity (Wildman–Crippen MR) is 253 cm³/mol. The highest BCUT2D eigenvalue weighted by Crippen LogP contribution is 2.51. The molecular formula is C55H54N2O4. The third-order valence-corrected chi connectivity index (χ3v) is 12.0. The van der Waals surface area contributed by atoms with E-state index in [1.165, 1.54) is 0 Å². The van der Waals surface area contributed by atoms with Gasteiger partial charge >= 0.3 is 0 Å². The van der Waals surface area contributed by atoms with Crippen molar-refractivity contribution in [3.05, 3.63) is 150 Å². The van der Waals surface area contributed by atoms with Crippen LogP contribution in [0.15, 0.2) is 133 Å². The Morgan fingerprint density at radius 1 is 0.475 bits per heavy atom. The zero-order valence-electron chi connectivity index (χ0n) is 36.4. The largest absolute Gasteiger partial charge is 0.505 e. The third kappa shape index (κ3) is 6.89. The Bertz CT molecular complexity index is 2830. The van der Waals surface area contributed by atoms with E-state index >= 15 is 0 Å². The van der Waals surface area contributed by atoms with E-state index in [1.807, 2.05) is 31.2 Å². The van der Waals surface area contributed by atoms with Crippen molar-refractivity contribution in [2.24, 2.45) is 0 Å². The molecule has 0 unspecified atom stereocenters. The fourth-order valence-electron chi connectivity index (χ4n) is 8.90. The number of ether oxygens (including phenoxy) is 2. The van der Waals surface area contributed by atoms with Crippen molar-refractivity contribution in [3.63, 3.8) is 0 Å². The first-order valence-electron chi connectivity index (χ1n) is 21.3. The lowest BCUT2D eigenvalue weighted by Gasteiger charge is -2.26. The Labute approximate surface area is 358 Å². The average molecular weight is 807 g/mol. The predicted octanol–water partition coefficient (Wildman–Crippen LogP) is 13.9. The zero-order chi connectivity index (χ0) is 42.8. The molecule has 6 nitrogen and oxygen atoms in total. The minimum atomic E-state index is -0.269. The Kier molecular flexibility index (Phi) is 9.95. The lowest BCUT2D eigenvalue weighted by Crippen LogP contribution is -2.13. The van der Waals surface area contributed by atoms with Gasteiger partial charge in [-0.3, -0.25) is 0 Å². The molecule has 2 N–H and O–H groups in total. The first-order chi connectivity index (χ1) is 29.3. The van der Waals surface area contributed by atoms with E-state index in [-0.39, 0.29) is 28.9 Å². The number of hydrogen-bond donors (Lipinski definition) is 2. The van der Waals surface area contributed by atoms with E-state index in [0.717, 1.165) is 71.4 Å². The molecular weight excluding hydrogens is 753 g/mol. The molecule has 0 radical (unpaired) electrons. The number of hydrogen-bond acceptors (Lipinski definition) is 4. The van der Waals surface area contributed by atoms with Gasteiger partial charge in [-0.05, 0) is 102 Å². The fourth-order valence-corrected chi connectivity index (χ4v) is 8.90. The molecule has 9 rings (SSSR count). The number of phenolic OH excluding ortho intramolecular Hbond substituents is 2. The number of aromatic nitrogens is 2. The van der Waals surface area contributed by atoms with Crippen molar-refractivity contribution in [1.29, 1.82) is 0 Å². The molecule has 2 heterocycles. The first kappa shape index (κ1) is 39.9. The Morgan fingerprint density at radius 2 is 0.836 bits per heavy atom. The van der Waals surface area contributed by atoms with Crippen LogP contribution >= 0.6 is 0 Å². The molecule has 6 heteroatoms. The number of rotatable bonds is 9. The SMILES string of the molecule is CCOCCOc1c(-c2cc(C(C)(C)C)cc(-n3c4ccccc4c4ccccc43)c2O)cc(C)cc1-c1cc(C(C)(C)C)cc(-n2c3ccccc3c3ccccc32)c1O. The molecule has 308 valence electrons. The maximum Gasteiger partial charge on any atom is 0.147 e. The smallest absolute Gasteiger partial charge is 0.147 e. The van der Waals surface area contributed by atoms with Crippen LogP contribution in [0.5, 0.6) is 17.2 Å². The Morgan fingerprint density at radius 3 is 1.18 bits per heavy atom. The summed E-state index contributed by atoms with van der Waals surface area (Å²) < 4.78 is 17.1. The van der Waals surface area contributed by atoms with Gasteiger partial charge in [-0.2, -0.15) is 0 Å². The van der Waals surface area contributed by atoms with Crippen LogP contribution in [0.2, 0.25) is 0 Å². The maximum absolute atomic E-state index is 12.8. The molecule has 7 aromatic carbocycles. The van der Waals surface area contributed by atoms with Gasteiger partial charge in [0.15, 0.2) is 0 Å². The molecule has 0 aliphatic heterocycles. The highest BCUT2D eigenvalue weighted by molar-refractivity contribution is 6.11. The van der Waals surface area contributed by atoms with Gasteiger partial charge < -0.3 is 28.8 Å². The molecule has 0 spiro atoms. The average Bonchev–Trinajstić information content (AvgIpc) is 3.75. The number of aromatic hydroxyl groups is 2. The highest BCUT2D eigenvalue weighted by atomic mass is 16.5. The molecule has 0 aliphatic rings. The normalized spacial score (nSPS) is 12.3. The highest BCUT2D eigenvalue weighted by Gasteiger charge is 2.29. The van der Waals surface area contributed by atoms with Crippen LogP contribution in [-0.4, -0.2) is 39.2 Å². The number of nitrogens with zero attached hydrogens (tertiary/aromatic N) is 2. The number of benzene rings is 7. The van der Waals surface area contributed by atoms with Crippen molar-refractivity contribution >= 4 is 43.6 Å². The lowest BCUT2D eigenvalue weighted by molar-refractivity contribution is 0.110. The van der Waals surface area contributed by atoms with Gasteiger partial charge in [0.2, 0.25) is 0 Å². The molecule has 2 aromatic heterocycles. The van der Waals surface area contributed by atoms with Crippen LogP contribution in [0, 0.1) is 6.92 Å². The summed E-state index contributed by atoms with van der Waals surface area (Å²) in [6.07, 6.45) is 0. The topological polar surface area (TPSA) is 68.8 Å². The molecule has 0 fully saturated rings. The summed E-state index contributed by atoms with van der Waals surface area (Å²) in [6, 6.07) is 46.1. The molecule has 0 atom stereocenters. The minimum Gasteiger partial charge on any atom is -0.505 e. The fraction of sp³-hybridized carbons (Fsp3) is 0.236. The molecule has 0 aliphatic carbocycles. The van der Waals surface area contributed by atoms with Crippen molar-refractivity contribution in [3.8, 4) is 50.9 Å². The van der Waals surface area contributed by atoms with Crippen molar-refractivity contribution in [2.75, 3.05) is 19.8 Å². The van der Waals surface area contributed by atoms with Crippen LogP contribution in [0.4, 0.5) is 0 Å². The van der Waals surface area contributed by atoms with Gasteiger partial charge in [0, 0.05) is 50.4 Å². The van der Waals surface area contributed by atoms with Crippen LogP contribution < -0.4 is 4.74 Å². The molecule has 61 heavy (non-hydrogen) atoms. The van der Waals surface area contributed by atoms with Gasteiger partial charge in [0.05, 0.1) is 40.0 Å². The van der Waals surface area contributed by atoms with E-state index in [2.05, 4.69) is 167 Å². The van der Waals surface area contributed by atoms with Crippen molar-refractivity contribution in [2.45, 2.75) is 66.2 Å². The Hall–Kier alpha value is -6.50. The number of phenols is 2.